The highest BCUT2D eigenvalue weighted by Gasteiger charge is 2.17. The first-order valence-electron chi connectivity index (χ1n) is 9.25. The minimum atomic E-state index is -0.510. The lowest BCUT2D eigenvalue weighted by molar-refractivity contribution is 0.627. The van der Waals surface area contributed by atoms with E-state index in [0.29, 0.717) is 36.6 Å². The average Bonchev–Trinajstić information content (AvgIpc) is 3.07. The van der Waals surface area contributed by atoms with E-state index in [9.17, 15) is 14.0 Å². The van der Waals surface area contributed by atoms with Gasteiger partial charge in [-0.1, -0.05) is 42.5 Å². The fourth-order valence-corrected chi connectivity index (χ4v) is 3.26. The Morgan fingerprint density at radius 3 is 2.48 bits per heavy atom. The number of aryl methyl sites for hydroxylation is 1. The van der Waals surface area contributed by atoms with Crippen LogP contribution in [-0.2, 0) is 20.0 Å². The predicted octanol–water partition coefficient (Wildman–Crippen LogP) is 2.27. The van der Waals surface area contributed by atoms with Crippen LogP contribution in [-0.4, -0.2) is 25.6 Å². The van der Waals surface area contributed by atoms with E-state index in [-0.39, 0.29) is 5.82 Å². The second-order valence-corrected chi connectivity index (χ2v) is 6.80. The highest BCUT2D eigenvalue weighted by atomic mass is 19.1. The van der Waals surface area contributed by atoms with Gasteiger partial charge in [0.15, 0.2) is 11.2 Å². The van der Waals surface area contributed by atoms with Gasteiger partial charge in [-0.15, -0.1) is 0 Å². The van der Waals surface area contributed by atoms with E-state index in [1.165, 1.54) is 16.7 Å². The van der Waals surface area contributed by atoms with Crippen molar-refractivity contribution in [2.24, 2.45) is 7.05 Å². The third kappa shape index (κ3) is 3.82. The molecule has 4 rings (SSSR count). The molecule has 7 nitrogen and oxygen atoms in total. The molecule has 0 radical (unpaired) electrons. The Morgan fingerprint density at radius 1 is 1.03 bits per heavy atom. The van der Waals surface area contributed by atoms with E-state index < -0.39 is 11.2 Å². The largest absolute Gasteiger partial charge is 0.355 e. The molecule has 0 spiro atoms. The number of hydrogen-bond acceptors (Lipinski definition) is 4. The number of fused-ring (bicyclic) bond motifs is 1. The number of H-pyrrole nitrogens is 1. The molecule has 0 bridgehead atoms. The zero-order valence-corrected chi connectivity index (χ0v) is 15.9. The maximum atomic E-state index is 13.1. The number of imidazole rings is 1. The summed E-state index contributed by atoms with van der Waals surface area (Å²) in [5, 5.41) is 3.25. The van der Waals surface area contributed by atoms with Crippen molar-refractivity contribution in [3.8, 4) is 0 Å². The SMILES string of the molecule is Cn1c(=O)[nH]c(=O)c2c1nc(NCCc1ccc(F)cc1)n2Cc1ccccc1. The third-order valence-corrected chi connectivity index (χ3v) is 4.80. The van der Waals surface area contributed by atoms with E-state index in [1.54, 1.807) is 23.7 Å². The average molecular weight is 393 g/mol. The molecule has 0 aliphatic heterocycles. The molecule has 0 amide bonds. The van der Waals surface area contributed by atoms with Crippen LogP contribution in [0.25, 0.3) is 11.2 Å². The number of rotatable bonds is 6. The van der Waals surface area contributed by atoms with Gasteiger partial charge in [-0.3, -0.25) is 18.9 Å². The first-order valence-corrected chi connectivity index (χ1v) is 9.25. The van der Waals surface area contributed by atoms with Crippen molar-refractivity contribution in [1.29, 1.82) is 0 Å². The highest BCUT2D eigenvalue weighted by Crippen LogP contribution is 2.18. The Kier molecular flexibility index (Phi) is 4.99. The van der Waals surface area contributed by atoms with Gasteiger partial charge in [0.1, 0.15) is 5.82 Å². The van der Waals surface area contributed by atoms with E-state index in [1.807, 2.05) is 30.3 Å². The van der Waals surface area contributed by atoms with Gasteiger partial charge < -0.3 is 5.32 Å². The smallest absolute Gasteiger partial charge is 0.329 e. The molecule has 4 aromatic rings. The van der Waals surface area contributed by atoms with Crippen molar-refractivity contribution >= 4 is 17.1 Å². The molecule has 0 unspecified atom stereocenters. The molecule has 2 heterocycles. The lowest BCUT2D eigenvalue weighted by Gasteiger charge is -2.11. The van der Waals surface area contributed by atoms with Crippen LogP contribution in [0.1, 0.15) is 11.1 Å². The molecule has 0 aliphatic rings. The number of nitrogens with one attached hydrogen (secondary N) is 2. The maximum absolute atomic E-state index is 13.1. The van der Waals surface area contributed by atoms with Gasteiger partial charge in [-0.05, 0) is 29.7 Å². The summed E-state index contributed by atoms with van der Waals surface area (Å²) in [4.78, 5) is 31.3. The second kappa shape index (κ2) is 7.75. The molecule has 0 saturated heterocycles. The summed E-state index contributed by atoms with van der Waals surface area (Å²) in [7, 11) is 1.57. The van der Waals surface area contributed by atoms with Crippen molar-refractivity contribution in [2.45, 2.75) is 13.0 Å². The van der Waals surface area contributed by atoms with E-state index >= 15 is 0 Å². The fourth-order valence-electron chi connectivity index (χ4n) is 3.26. The van der Waals surface area contributed by atoms with Gasteiger partial charge in [0.25, 0.3) is 5.56 Å². The van der Waals surface area contributed by atoms with Gasteiger partial charge in [-0.25, -0.2) is 9.18 Å². The summed E-state index contributed by atoms with van der Waals surface area (Å²) in [6, 6.07) is 16.0. The molecular weight excluding hydrogens is 373 g/mol. The van der Waals surface area contributed by atoms with Crippen molar-refractivity contribution in [2.75, 3.05) is 11.9 Å². The zero-order chi connectivity index (χ0) is 20.4. The molecule has 2 aromatic carbocycles. The molecule has 0 saturated carbocycles. The Hall–Kier alpha value is -3.68. The van der Waals surface area contributed by atoms with E-state index in [2.05, 4.69) is 15.3 Å². The van der Waals surface area contributed by atoms with Crippen LogP contribution in [0.4, 0.5) is 10.3 Å². The predicted molar refractivity (Wildman–Crippen MR) is 110 cm³/mol. The minimum Gasteiger partial charge on any atom is -0.355 e. The molecular formula is C21H20FN5O2. The standard InChI is InChI=1S/C21H20FN5O2/c1-26-18-17(19(28)25-21(26)29)27(13-15-5-3-2-4-6-15)20(24-18)23-12-11-14-7-9-16(22)10-8-14/h2-10H,11-13H2,1H3,(H,23,24)(H,25,28,29). The summed E-state index contributed by atoms with van der Waals surface area (Å²) in [6.45, 7) is 0.965. The summed E-state index contributed by atoms with van der Waals surface area (Å²) >= 11 is 0. The third-order valence-electron chi connectivity index (χ3n) is 4.80. The van der Waals surface area contributed by atoms with Gasteiger partial charge in [0, 0.05) is 13.6 Å². The van der Waals surface area contributed by atoms with Crippen molar-refractivity contribution in [1.82, 2.24) is 19.1 Å². The lowest BCUT2D eigenvalue weighted by atomic mass is 10.1. The van der Waals surface area contributed by atoms with Crippen molar-refractivity contribution in [3.63, 3.8) is 0 Å². The topological polar surface area (TPSA) is 84.7 Å². The number of benzene rings is 2. The summed E-state index contributed by atoms with van der Waals surface area (Å²) in [5.74, 6) is 0.226. The molecule has 29 heavy (non-hydrogen) atoms. The number of hydrogen-bond donors (Lipinski definition) is 2. The van der Waals surface area contributed by atoms with E-state index in [0.717, 1.165) is 11.1 Å². The van der Waals surface area contributed by atoms with Gasteiger partial charge in [0.05, 0.1) is 6.54 Å². The van der Waals surface area contributed by atoms with Crippen LogP contribution in [0.5, 0.6) is 0 Å². The quantitative estimate of drug-likeness (QED) is 0.526. The lowest BCUT2D eigenvalue weighted by Crippen LogP contribution is -2.29. The van der Waals surface area contributed by atoms with Crippen LogP contribution in [0.3, 0.4) is 0 Å². The van der Waals surface area contributed by atoms with Crippen LogP contribution in [0, 0.1) is 5.82 Å². The maximum Gasteiger partial charge on any atom is 0.329 e. The van der Waals surface area contributed by atoms with Gasteiger partial charge >= 0.3 is 5.69 Å². The summed E-state index contributed by atoms with van der Waals surface area (Å²) in [5.41, 5.74) is 1.65. The molecule has 8 heteroatoms. The van der Waals surface area contributed by atoms with Gasteiger partial charge in [-0.2, -0.15) is 4.98 Å². The second-order valence-electron chi connectivity index (χ2n) is 6.80. The molecule has 0 aliphatic carbocycles. The Labute approximate surface area is 165 Å². The normalized spacial score (nSPS) is 11.1. The van der Waals surface area contributed by atoms with Crippen LogP contribution < -0.4 is 16.6 Å². The number of aromatic nitrogens is 4. The number of nitrogens with zero attached hydrogens (tertiary/aromatic N) is 3. The summed E-state index contributed by atoms with van der Waals surface area (Å²) < 4.78 is 16.2. The Balaban J connectivity index is 1.69. The number of aromatic amines is 1. The van der Waals surface area contributed by atoms with Crippen molar-refractivity contribution in [3.05, 3.63) is 92.4 Å². The zero-order valence-electron chi connectivity index (χ0n) is 15.9. The first kappa shape index (κ1) is 18.7. The van der Waals surface area contributed by atoms with Crippen molar-refractivity contribution < 1.29 is 4.39 Å². The van der Waals surface area contributed by atoms with Crippen LogP contribution >= 0.6 is 0 Å². The summed E-state index contributed by atoms with van der Waals surface area (Å²) in [6.07, 6.45) is 0.657. The number of anilines is 1. The minimum absolute atomic E-state index is 0.272. The van der Waals surface area contributed by atoms with Crippen LogP contribution in [0.2, 0.25) is 0 Å². The van der Waals surface area contributed by atoms with Crippen LogP contribution in [0.15, 0.2) is 64.2 Å². The molecule has 2 N–H and O–H groups in total. The monoisotopic (exact) mass is 393 g/mol. The first-order chi connectivity index (χ1) is 14.0. The Morgan fingerprint density at radius 2 is 1.76 bits per heavy atom. The molecule has 0 atom stereocenters. The molecule has 0 fully saturated rings. The van der Waals surface area contributed by atoms with E-state index in [4.69, 9.17) is 0 Å². The molecule has 2 aromatic heterocycles. The Bertz CT molecular complexity index is 1260. The van der Waals surface area contributed by atoms with Gasteiger partial charge in [0.2, 0.25) is 5.95 Å². The molecule has 148 valence electrons. The fraction of sp³-hybridized carbons (Fsp3) is 0.190. The number of halogens is 1. The highest BCUT2D eigenvalue weighted by molar-refractivity contribution is 5.74.